The number of ether oxygens (including phenoxy) is 1. The molecule has 1 aliphatic rings. The maximum absolute atomic E-state index is 13.0. The van der Waals surface area contributed by atoms with Gasteiger partial charge in [0, 0.05) is 6.04 Å². The molecule has 3 rings (SSSR count). The highest BCUT2D eigenvalue weighted by Gasteiger charge is 2.30. The van der Waals surface area contributed by atoms with E-state index in [9.17, 15) is 9.18 Å². The topological polar surface area (TPSA) is 62.4 Å². The molecule has 1 amide bonds. The smallest absolute Gasteiger partial charge is 0.239 e. The summed E-state index contributed by atoms with van der Waals surface area (Å²) in [5.74, 6) is 0.414. The van der Waals surface area contributed by atoms with Crippen LogP contribution in [0.1, 0.15) is 36.6 Å². The summed E-state index contributed by atoms with van der Waals surface area (Å²) in [6, 6.07) is 13.4. The number of hydrogen-bond donors (Lipinski definition) is 3. The average molecular weight is 343 g/mol. The summed E-state index contributed by atoms with van der Waals surface area (Å²) in [5, 5.41) is 2.96. The number of amides is 1. The van der Waals surface area contributed by atoms with Crippen molar-refractivity contribution >= 4 is 5.91 Å². The second-order valence-electron chi connectivity index (χ2n) is 6.19. The van der Waals surface area contributed by atoms with Crippen LogP contribution in [0.2, 0.25) is 0 Å². The number of hydrogen-bond acceptors (Lipinski definition) is 4. The number of hydrazine groups is 1. The number of methoxy groups -OCH3 is 1. The van der Waals surface area contributed by atoms with E-state index < -0.39 is 0 Å². The van der Waals surface area contributed by atoms with Crippen molar-refractivity contribution in [1.29, 1.82) is 0 Å². The van der Waals surface area contributed by atoms with Gasteiger partial charge in [-0.15, -0.1) is 0 Å². The number of nitrogens with one attached hydrogen (secondary N) is 3. The van der Waals surface area contributed by atoms with Crippen molar-refractivity contribution in [2.75, 3.05) is 7.11 Å². The molecule has 0 saturated carbocycles. The minimum absolute atomic E-state index is 0.0342. The van der Waals surface area contributed by atoms with Gasteiger partial charge in [-0.1, -0.05) is 24.3 Å². The minimum Gasteiger partial charge on any atom is -0.497 e. The molecular formula is C19H22FN3O2. The Labute approximate surface area is 146 Å². The molecule has 2 aromatic rings. The minimum atomic E-state index is -0.334. The Morgan fingerprint density at radius 1 is 1.24 bits per heavy atom. The fraction of sp³-hybridized carbons (Fsp3) is 0.316. The summed E-state index contributed by atoms with van der Waals surface area (Å²) in [4.78, 5) is 12.5. The summed E-state index contributed by atoms with van der Waals surface area (Å²) < 4.78 is 18.2. The third kappa shape index (κ3) is 4.15. The third-order valence-corrected chi connectivity index (χ3v) is 4.44. The highest BCUT2D eigenvalue weighted by atomic mass is 19.1. The standard InChI is InChI=1S/C19H22FN3O2/c1-12(13-6-8-15(20)9-7-13)21-19(24)18-11-17(22-23-18)14-4-3-5-16(10-14)25-2/h3-10,12,17-18,22-23H,11H2,1-2H3,(H,21,24). The molecule has 25 heavy (non-hydrogen) atoms. The summed E-state index contributed by atoms with van der Waals surface area (Å²) in [6.07, 6.45) is 0.634. The van der Waals surface area contributed by atoms with Crippen LogP contribution in [-0.2, 0) is 4.79 Å². The summed E-state index contributed by atoms with van der Waals surface area (Å²) >= 11 is 0. The van der Waals surface area contributed by atoms with E-state index in [1.165, 1.54) is 12.1 Å². The van der Waals surface area contributed by atoms with E-state index in [4.69, 9.17) is 4.74 Å². The molecule has 1 fully saturated rings. The van der Waals surface area contributed by atoms with Crippen LogP contribution in [0.3, 0.4) is 0 Å². The Morgan fingerprint density at radius 2 is 2.00 bits per heavy atom. The molecule has 3 N–H and O–H groups in total. The third-order valence-electron chi connectivity index (χ3n) is 4.44. The molecule has 0 radical (unpaired) electrons. The number of rotatable bonds is 5. The van der Waals surface area contributed by atoms with E-state index in [-0.39, 0.29) is 29.8 Å². The lowest BCUT2D eigenvalue weighted by atomic mass is 10.0. The fourth-order valence-electron chi connectivity index (χ4n) is 2.95. The molecule has 6 heteroatoms. The Hall–Kier alpha value is -2.44. The Kier molecular flexibility index (Phi) is 5.31. The lowest BCUT2D eigenvalue weighted by molar-refractivity contribution is -0.123. The second-order valence-corrected chi connectivity index (χ2v) is 6.19. The monoisotopic (exact) mass is 343 g/mol. The quantitative estimate of drug-likeness (QED) is 0.781. The molecule has 3 atom stereocenters. The molecule has 1 saturated heterocycles. The van der Waals surface area contributed by atoms with E-state index in [2.05, 4.69) is 16.2 Å². The lowest BCUT2D eigenvalue weighted by Gasteiger charge is -2.17. The van der Waals surface area contributed by atoms with Gasteiger partial charge in [0.05, 0.1) is 13.2 Å². The highest BCUT2D eigenvalue weighted by Crippen LogP contribution is 2.25. The SMILES string of the molecule is COc1cccc(C2CC(C(=O)NC(C)c3ccc(F)cc3)NN2)c1. The van der Waals surface area contributed by atoms with Gasteiger partial charge in [-0.05, 0) is 48.7 Å². The van der Waals surface area contributed by atoms with Gasteiger partial charge >= 0.3 is 0 Å². The first-order valence-corrected chi connectivity index (χ1v) is 8.27. The largest absolute Gasteiger partial charge is 0.497 e. The van der Waals surface area contributed by atoms with E-state index >= 15 is 0 Å². The molecule has 1 aliphatic heterocycles. The van der Waals surface area contributed by atoms with Gasteiger partial charge in [0.15, 0.2) is 0 Å². The zero-order valence-corrected chi connectivity index (χ0v) is 14.3. The van der Waals surface area contributed by atoms with E-state index in [1.807, 2.05) is 31.2 Å². The van der Waals surface area contributed by atoms with Gasteiger partial charge in [-0.25, -0.2) is 15.2 Å². The van der Waals surface area contributed by atoms with E-state index in [0.717, 1.165) is 16.9 Å². The van der Waals surface area contributed by atoms with Crippen LogP contribution in [0, 0.1) is 5.82 Å². The van der Waals surface area contributed by atoms with Gasteiger partial charge in [0.2, 0.25) is 5.91 Å². The predicted octanol–water partition coefficient (Wildman–Crippen LogP) is 2.62. The molecule has 0 bridgehead atoms. The maximum Gasteiger partial charge on any atom is 0.239 e. The fourth-order valence-corrected chi connectivity index (χ4v) is 2.95. The summed E-state index contributed by atoms with van der Waals surface area (Å²) in [6.45, 7) is 1.88. The molecule has 0 aliphatic carbocycles. The summed E-state index contributed by atoms with van der Waals surface area (Å²) in [5.41, 5.74) is 8.13. The Morgan fingerprint density at radius 3 is 2.72 bits per heavy atom. The van der Waals surface area contributed by atoms with Crippen LogP contribution in [0.15, 0.2) is 48.5 Å². The van der Waals surface area contributed by atoms with Gasteiger partial charge < -0.3 is 10.1 Å². The van der Waals surface area contributed by atoms with Crippen molar-refractivity contribution in [3.63, 3.8) is 0 Å². The average Bonchev–Trinajstić information content (AvgIpc) is 3.12. The van der Waals surface area contributed by atoms with Crippen molar-refractivity contribution in [2.45, 2.75) is 31.5 Å². The zero-order chi connectivity index (χ0) is 17.8. The second kappa shape index (κ2) is 7.63. The Balaban J connectivity index is 1.59. The van der Waals surface area contributed by atoms with Crippen LogP contribution in [0.4, 0.5) is 4.39 Å². The molecule has 0 aromatic heterocycles. The van der Waals surface area contributed by atoms with Crippen LogP contribution in [-0.4, -0.2) is 19.1 Å². The summed E-state index contributed by atoms with van der Waals surface area (Å²) in [7, 11) is 1.63. The van der Waals surface area contributed by atoms with E-state index in [0.29, 0.717) is 6.42 Å². The number of benzene rings is 2. The predicted molar refractivity (Wildman–Crippen MR) is 93.4 cm³/mol. The molecule has 5 nitrogen and oxygen atoms in total. The van der Waals surface area contributed by atoms with Crippen LogP contribution < -0.4 is 20.9 Å². The maximum atomic E-state index is 13.0. The van der Waals surface area contributed by atoms with Gasteiger partial charge in [-0.3, -0.25) is 4.79 Å². The van der Waals surface area contributed by atoms with Crippen LogP contribution in [0.25, 0.3) is 0 Å². The molecule has 3 unspecified atom stereocenters. The normalized spacial score (nSPS) is 20.9. The Bertz CT molecular complexity index is 736. The lowest BCUT2D eigenvalue weighted by Crippen LogP contribution is -2.43. The number of halogens is 1. The van der Waals surface area contributed by atoms with Crippen molar-refractivity contribution in [3.8, 4) is 5.75 Å². The van der Waals surface area contributed by atoms with Gasteiger partial charge in [-0.2, -0.15) is 0 Å². The molecular weight excluding hydrogens is 321 g/mol. The van der Waals surface area contributed by atoms with E-state index in [1.54, 1.807) is 19.2 Å². The van der Waals surface area contributed by atoms with Crippen LogP contribution in [0.5, 0.6) is 5.75 Å². The molecule has 1 heterocycles. The molecule has 132 valence electrons. The molecule has 2 aromatic carbocycles. The number of carbonyl (C=O) groups excluding carboxylic acids is 1. The zero-order valence-electron chi connectivity index (χ0n) is 14.3. The molecule has 0 spiro atoms. The van der Waals surface area contributed by atoms with Crippen molar-refractivity contribution in [3.05, 3.63) is 65.5 Å². The van der Waals surface area contributed by atoms with Crippen molar-refractivity contribution < 1.29 is 13.9 Å². The first kappa shape index (κ1) is 17.4. The number of carbonyl (C=O) groups is 1. The van der Waals surface area contributed by atoms with Crippen LogP contribution >= 0.6 is 0 Å². The first-order valence-electron chi connectivity index (χ1n) is 8.27. The highest BCUT2D eigenvalue weighted by molar-refractivity contribution is 5.82. The van der Waals surface area contributed by atoms with Crippen molar-refractivity contribution in [2.24, 2.45) is 0 Å². The van der Waals surface area contributed by atoms with Crippen molar-refractivity contribution in [1.82, 2.24) is 16.2 Å². The first-order chi connectivity index (χ1) is 12.1. The van der Waals surface area contributed by atoms with Gasteiger partial charge in [0.1, 0.15) is 17.6 Å². The van der Waals surface area contributed by atoms with Gasteiger partial charge in [0.25, 0.3) is 0 Å².